The van der Waals surface area contributed by atoms with Crippen LogP contribution < -0.4 is 4.74 Å². The largest absolute Gasteiger partial charge is 0.494 e. The predicted octanol–water partition coefficient (Wildman–Crippen LogP) is 6.94. The van der Waals surface area contributed by atoms with Crippen LogP contribution in [0.5, 0.6) is 5.75 Å². The van der Waals surface area contributed by atoms with Crippen LogP contribution in [-0.2, 0) is 0 Å². The molecule has 30 heavy (non-hydrogen) atoms. The third-order valence-electron chi connectivity index (χ3n) is 5.25. The Kier molecular flexibility index (Phi) is 11.4. The van der Waals surface area contributed by atoms with Gasteiger partial charge in [-0.2, -0.15) is 5.26 Å². The van der Waals surface area contributed by atoms with Gasteiger partial charge in [-0.05, 0) is 49.1 Å². The SMILES string of the molecule is Cc1ccc(C(C#N)=Cc2ccc(OCCCCCCCCCCCO)cc2)cc1. The van der Waals surface area contributed by atoms with Crippen molar-refractivity contribution in [2.75, 3.05) is 13.2 Å². The zero-order chi connectivity index (χ0) is 21.4. The highest BCUT2D eigenvalue weighted by atomic mass is 16.5. The first-order valence-electron chi connectivity index (χ1n) is 11.3. The van der Waals surface area contributed by atoms with Crippen molar-refractivity contribution >= 4 is 11.6 Å². The summed E-state index contributed by atoms with van der Waals surface area (Å²) in [5.41, 5.74) is 3.79. The fourth-order valence-corrected chi connectivity index (χ4v) is 3.38. The van der Waals surface area contributed by atoms with Crippen molar-refractivity contribution in [2.24, 2.45) is 0 Å². The van der Waals surface area contributed by atoms with E-state index in [4.69, 9.17) is 9.84 Å². The van der Waals surface area contributed by atoms with Crippen molar-refractivity contribution in [3.8, 4) is 11.8 Å². The summed E-state index contributed by atoms with van der Waals surface area (Å²) >= 11 is 0. The molecule has 0 unspecified atom stereocenters. The van der Waals surface area contributed by atoms with Gasteiger partial charge < -0.3 is 9.84 Å². The number of aliphatic hydroxyl groups is 1. The molecular weight excluding hydrogens is 370 g/mol. The van der Waals surface area contributed by atoms with Crippen LogP contribution in [0.15, 0.2) is 48.5 Å². The molecular formula is C27H35NO2. The summed E-state index contributed by atoms with van der Waals surface area (Å²) in [6.45, 7) is 3.12. The zero-order valence-electron chi connectivity index (χ0n) is 18.3. The van der Waals surface area contributed by atoms with Gasteiger partial charge in [0.1, 0.15) is 5.75 Å². The Labute approximate surface area is 182 Å². The maximum absolute atomic E-state index is 9.48. The van der Waals surface area contributed by atoms with Crippen molar-refractivity contribution in [1.29, 1.82) is 5.26 Å². The second-order valence-electron chi connectivity index (χ2n) is 7.86. The number of nitriles is 1. The first kappa shape index (κ1) is 23.7. The minimum Gasteiger partial charge on any atom is -0.494 e. The number of hydrogen-bond acceptors (Lipinski definition) is 3. The van der Waals surface area contributed by atoms with Crippen molar-refractivity contribution in [2.45, 2.75) is 64.7 Å². The number of hydrogen-bond donors (Lipinski definition) is 1. The number of allylic oxidation sites excluding steroid dienone is 1. The Morgan fingerprint density at radius 1 is 0.833 bits per heavy atom. The summed E-state index contributed by atoms with van der Waals surface area (Å²) in [5.74, 6) is 0.880. The molecule has 1 N–H and O–H groups in total. The molecule has 2 aromatic carbocycles. The highest BCUT2D eigenvalue weighted by Gasteiger charge is 2.02. The monoisotopic (exact) mass is 405 g/mol. The topological polar surface area (TPSA) is 53.2 Å². The quantitative estimate of drug-likeness (QED) is 0.210. The average Bonchev–Trinajstić information content (AvgIpc) is 2.77. The first-order valence-corrected chi connectivity index (χ1v) is 11.3. The zero-order valence-corrected chi connectivity index (χ0v) is 18.3. The Morgan fingerprint density at radius 3 is 1.97 bits per heavy atom. The van der Waals surface area contributed by atoms with E-state index in [1.165, 1.54) is 44.1 Å². The molecule has 0 saturated heterocycles. The fourth-order valence-electron chi connectivity index (χ4n) is 3.38. The van der Waals surface area contributed by atoms with Crippen LogP contribution in [0.25, 0.3) is 11.6 Å². The number of aliphatic hydroxyl groups excluding tert-OH is 1. The van der Waals surface area contributed by atoms with Gasteiger partial charge in [0, 0.05) is 6.61 Å². The van der Waals surface area contributed by atoms with E-state index in [9.17, 15) is 5.26 Å². The van der Waals surface area contributed by atoms with E-state index in [2.05, 4.69) is 6.07 Å². The number of ether oxygens (including phenoxy) is 1. The summed E-state index contributed by atoms with van der Waals surface area (Å²) in [5, 5.41) is 18.2. The molecule has 0 spiro atoms. The second kappa shape index (κ2) is 14.4. The molecule has 0 aliphatic heterocycles. The Bertz CT molecular complexity index is 785. The predicted molar refractivity (Wildman–Crippen MR) is 125 cm³/mol. The molecule has 0 aliphatic rings. The van der Waals surface area contributed by atoms with E-state index in [0.29, 0.717) is 12.2 Å². The normalized spacial score (nSPS) is 11.3. The Balaban J connectivity index is 1.66. The minimum atomic E-state index is 0.327. The molecule has 0 fully saturated rings. The van der Waals surface area contributed by atoms with Crippen LogP contribution in [0.3, 0.4) is 0 Å². The summed E-state index contributed by atoms with van der Waals surface area (Å²) in [4.78, 5) is 0. The lowest BCUT2D eigenvalue weighted by atomic mass is 10.0. The molecule has 160 valence electrons. The Morgan fingerprint density at radius 2 is 1.40 bits per heavy atom. The van der Waals surface area contributed by atoms with E-state index in [1.807, 2.05) is 61.5 Å². The second-order valence-corrected chi connectivity index (χ2v) is 7.86. The molecule has 2 rings (SSSR count). The molecule has 0 radical (unpaired) electrons. The summed E-state index contributed by atoms with van der Waals surface area (Å²) < 4.78 is 5.85. The number of rotatable bonds is 14. The third kappa shape index (κ3) is 9.29. The molecule has 3 heteroatoms. The van der Waals surface area contributed by atoms with Gasteiger partial charge in [0.15, 0.2) is 0 Å². The third-order valence-corrected chi connectivity index (χ3v) is 5.25. The van der Waals surface area contributed by atoms with Crippen molar-refractivity contribution in [3.63, 3.8) is 0 Å². The lowest BCUT2D eigenvalue weighted by Gasteiger charge is -2.07. The molecule has 0 amide bonds. The van der Waals surface area contributed by atoms with Crippen molar-refractivity contribution in [3.05, 3.63) is 65.2 Å². The number of benzene rings is 2. The van der Waals surface area contributed by atoms with Gasteiger partial charge in [-0.1, -0.05) is 86.9 Å². The van der Waals surface area contributed by atoms with E-state index >= 15 is 0 Å². The van der Waals surface area contributed by atoms with Crippen molar-refractivity contribution in [1.82, 2.24) is 0 Å². The molecule has 0 heterocycles. The molecule has 0 atom stereocenters. The van der Waals surface area contributed by atoms with Crippen LogP contribution in [0.4, 0.5) is 0 Å². The van der Waals surface area contributed by atoms with E-state index in [1.54, 1.807) is 0 Å². The van der Waals surface area contributed by atoms with Gasteiger partial charge in [0.05, 0.1) is 18.2 Å². The van der Waals surface area contributed by atoms with E-state index in [-0.39, 0.29) is 0 Å². The average molecular weight is 406 g/mol. The highest BCUT2D eigenvalue weighted by molar-refractivity contribution is 5.89. The highest BCUT2D eigenvalue weighted by Crippen LogP contribution is 2.20. The van der Waals surface area contributed by atoms with Crippen LogP contribution in [-0.4, -0.2) is 18.3 Å². The fraction of sp³-hybridized carbons (Fsp3) is 0.444. The van der Waals surface area contributed by atoms with Gasteiger partial charge in [0.2, 0.25) is 0 Å². The number of aryl methyl sites for hydroxylation is 1. The smallest absolute Gasteiger partial charge is 0.119 e. The van der Waals surface area contributed by atoms with Gasteiger partial charge in [-0.25, -0.2) is 0 Å². The van der Waals surface area contributed by atoms with Crippen LogP contribution in [0.2, 0.25) is 0 Å². The number of nitrogens with zero attached hydrogens (tertiary/aromatic N) is 1. The van der Waals surface area contributed by atoms with E-state index < -0.39 is 0 Å². The first-order chi connectivity index (χ1) is 14.7. The maximum Gasteiger partial charge on any atom is 0.119 e. The van der Waals surface area contributed by atoms with Gasteiger partial charge in [-0.3, -0.25) is 0 Å². The molecule has 2 aromatic rings. The van der Waals surface area contributed by atoms with Crippen LogP contribution in [0, 0.1) is 18.3 Å². The molecule has 0 saturated carbocycles. The molecule has 0 bridgehead atoms. The van der Waals surface area contributed by atoms with Gasteiger partial charge >= 0.3 is 0 Å². The molecule has 3 nitrogen and oxygen atoms in total. The van der Waals surface area contributed by atoms with Gasteiger partial charge in [-0.15, -0.1) is 0 Å². The van der Waals surface area contributed by atoms with Gasteiger partial charge in [0.25, 0.3) is 0 Å². The van der Waals surface area contributed by atoms with Crippen molar-refractivity contribution < 1.29 is 9.84 Å². The van der Waals surface area contributed by atoms with Crippen LogP contribution in [0.1, 0.15) is 74.5 Å². The lowest BCUT2D eigenvalue weighted by molar-refractivity contribution is 0.282. The molecule has 0 aromatic heterocycles. The van der Waals surface area contributed by atoms with E-state index in [0.717, 1.165) is 42.7 Å². The maximum atomic E-state index is 9.48. The van der Waals surface area contributed by atoms with Crippen LogP contribution >= 0.6 is 0 Å². The summed E-state index contributed by atoms with van der Waals surface area (Å²) in [6, 6.07) is 18.3. The summed E-state index contributed by atoms with van der Waals surface area (Å²) in [6.07, 6.45) is 12.7. The molecule has 0 aliphatic carbocycles. The standard InChI is InChI=1S/C27H35NO2/c1-23-11-15-25(16-12-23)26(22-28)21-24-13-17-27(18-14-24)30-20-10-8-6-4-2-3-5-7-9-19-29/h11-18,21,29H,2-10,19-20H2,1H3. The number of unbranched alkanes of at least 4 members (excludes halogenated alkanes) is 8. The lowest BCUT2D eigenvalue weighted by Crippen LogP contribution is -1.97. The summed E-state index contributed by atoms with van der Waals surface area (Å²) in [7, 11) is 0. The minimum absolute atomic E-state index is 0.327. The Hall–Kier alpha value is -2.57.